The summed E-state index contributed by atoms with van der Waals surface area (Å²) in [6, 6.07) is 10.6. The van der Waals surface area contributed by atoms with Gasteiger partial charge in [0.05, 0.1) is 7.11 Å². The lowest BCUT2D eigenvalue weighted by Crippen LogP contribution is -2.40. The van der Waals surface area contributed by atoms with Crippen LogP contribution in [-0.4, -0.2) is 13.8 Å². The zero-order valence-electron chi connectivity index (χ0n) is 13.6. The molecule has 2 rings (SSSR count). The Morgan fingerprint density at radius 2 is 2.00 bits per heavy atom. The van der Waals surface area contributed by atoms with Crippen LogP contribution in [0.2, 0.25) is 6.32 Å². The smallest absolute Gasteiger partial charge is 0.230 e. The maximum absolute atomic E-state index is 5.76. The minimum atomic E-state index is 0.169. The Morgan fingerprint density at radius 1 is 1.27 bits per heavy atom. The lowest BCUT2D eigenvalue weighted by atomic mass is 9.41. The molecule has 22 heavy (non-hydrogen) atoms. The van der Waals surface area contributed by atoms with Crippen LogP contribution >= 0.6 is 22.9 Å². The number of methoxy groups -OCH3 is 1. The summed E-state index contributed by atoms with van der Waals surface area (Å²) in [6.07, 6.45) is 2.88. The van der Waals surface area contributed by atoms with Crippen LogP contribution in [0.25, 0.3) is 0 Å². The second-order valence-corrected chi connectivity index (χ2v) is 7.57. The summed E-state index contributed by atoms with van der Waals surface area (Å²) < 4.78 is 6.90. The summed E-state index contributed by atoms with van der Waals surface area (Å²) in [5, 5.41) is 2.27. The second-order valence-electron chi connectivity index (χ2n) is 6.38. The van der Waals surface area contributed by atoms with Gasteiger partial charge in [-0.05, 0) is 44.5 Å². The minimum Gasteiger partial charge on any atom is -0.497 e. The predicted octanol–water partition coefficient (Wildman–Crippen LogP) is 4.42. The van der Waals surface area contributed by atoms with Gasteiger partial charge in [-0.2, -0.15) is 11.3 Å². The van der Waals surface area contributed by atoms with E-state index < -0.39 is 0 Å². The lowest BCUT2D eigenvalue weighted by molar-refractivity contribution is 0.418. The molecule has 0 saturated heterocycles. The number of thiophene rings is 1. The van der Waals surface area contributed by atoms with Crippen molar-refractivity contribution >= 4 is 39.9 Å². The van der Waals surface area contributed by atoms with Crippen LogP contribution in [0.5, 0.6) is 5.75 Å². The molecule has 0 atom stereocenters. The summed E-state index contributed by atoms with van der Waals surface area (Å²) in [7, 11) is 1.72. The Labute approximate surface area is 143 Å². The average Bonchev–Trinajstić information content (AvgIpc) is 2.98. The van der Waals surface area contributed by atoms with Crippen molar-refractivity contribution in [1.82, 2.24) is 0 Å². The van der Waals surface area contributed by atoms with Crippen LogP contribution in [0, 0.1) is 0 Å². The largest absolute Gasteiger partial charge is 0.497 e. The molecule has 116 valence electrons. The van der Waals surface area contributed by atoms with E-state index in [1.54, 1.807) is 12.6 Å². The van der Waals surface area contributed by atoms with Gasteiger partial charge in [-0.1, -0.05) is 62.7 Å². The number of para-hydroxylation sites is 1. The molecule has 0 amide bonds. The predicted molar refractivity (Wildman–Crippen MR) is 101 cm³/mol. The van der Waals surface area contributed by atoms with E-state index >= 15 is 0 Å². The van der Waals surface area contributed by atoms with Crippen molar-refractivity contribution in [1.29, 1.82) is 0 Å². The molecule has 0 bridgehead atoms. The van der Waals surface area contributed by atoms with E-state index in [-0.39, 0.29) is 12.1 Å². The third kappa shape index (κ3) is 3.96. The SMILES string of the molecule is COc1ccccc1B(CC=CCl)c1cc(C(C)(C)C)cs1. The topological polar surface area (TPSA) is 9.23 Å². The average molecular weight is 333 g/mol. The number of halogens is 1. The fourth-order valence-corrected chi connectivity index (χ4v) is 3.84. The van der Waals surface area contributed by atoms with Gasteiger partial charge < -0.3 is 4.74 Å². The van der Waals surface area contributed by atoms with E-state index in [0.29, 0.717) is 0 Å². The molecule has 0 unspecified atom stereocenters. The Kier molecular flexibility index (Phi) is 5.77. The molecule has 0 saturated carbocycles. The maximum Gasteiger partial charge on any atom is 0.230 e. The molecule has 1 heterocycles. The normalized spacial score (nSPS) is 11.9. The van der Waals surface area contributed by atoms with Crippen LogP contribution in [0.3, 0.4) is 0 Å². The van der Waals surface area contributed by atoms with Crippen molar-refractivity contribution in [3.05, 3.63) is 52.9 Å². The van der Waals surface area contributed by atoms with Gasteiger partial charge in [0, 0.05) is 0 Å². The highest BCUT2D eigenvalue weighted by Gasteiger charge is 2.25. The van der Waals surface area contributed by atoms with E-state index in [1.807, 2.05) is 29.5 Å². The molecule has 4 heteroatoms. The van der Waals surface area contributed by atoms with Crippen molar-refractivity contribution < 1.29 is 4.74 Å². The van der Waals surface area contributed by atoms with E-state index in [0.717, 1.165) is 12.1 Å². The summed E-state index contributed by atoms with van der Waals surface area (Å²) >= 11 is 7.58. The van der Waals surface area contributed by atoms with E-state index in [9.17, 15) is 0 Å². The van der Waals surface area contributed by atoms with E-state index in [1.165, 1.54) is 15.8 Å². The Morgan fingerprint density at radius 3 is 2.59 bits per heavy atom. The van der Waals surface area contributed by atoms with Gasteiger partial charge in [0.15, 0.2) is 0 Å². The first-order chi connectivity index (χ1) is 10.5. The van der Waals surface area contributed by atoms with E-state index in [2.05, 4.69) is 44.4 Å². The highest BCUT2D eigenvalue weighted by molar-refractivity contribution is 7.24. The Hall–Kier alpha value is -1.19. The molecule has 2 aromatic rings. The first-order valence-corrected chi connectivity index (χ1v) is 8.76. The van der Waals surface area contributed by atoms with Gasteiger partial charge in [0.1, 0.15) is 5.75 Å². The van der Waals surface area contributed by atoms with E-state index in [4.69, 9.17) is 16.3 Å². The Balaban J connectivity index is 2.44. The third-order valence-corrected chi connectivity index (χ3v) is 5.03. The van der Waals surface area contributed by atoms with Gasteiger partial charge in [-0.3, -0.25) is 0 Å². The molecule has 1 aromatic heterocycles. The molecule has 0 N–H and O–H groups in total. The number of hydrogen-bond acceptors (Lipinski definition) is 2. The molecule has 0 radical (unpaired) electrons. The molecular weight excluding hydrogens is 311 g/mol. The first-order valence-electron chi connectivity index (χ1n) is 7.44. The molecular formula is C18H22BClOS. The monoisotopic (exact) mass is 332 g/mol. The third-order valence-electron chi connectivity index (χ3n) is 3.80. The van der Waals surface area contributed by atoms with Crippen LogP contribution in [-0.2, 0) is 5.41 Å². The van der Waals surface area contributed by atoms with Crippen molar-refractivity contribution in [2.45, 2.75) is 32.5 Å². The van der Waals surface area contributed by atoms with Gasteiger partial charge >= 0.3 is 0 Å². The molecule has 0 aliphatic rings. The van der Waals surface area contributed by atoms with Gasteiger partial charge in [0.25, 0.3) is 0 Å². The number of allylic oxidation sites excluding steroid dienone is 1. The lowest BCUT2D eigenvalue weighted by Gasteiger charge is -2.17. The zero-order valence-corrected chi connectivity index (χ0v) is 15.2. The van der Waals surface area contributed by atoms with Crippen LogP contribution in [0.4, 0.5) is 0 Å². The van der Waals surface area contributed by atoms with Crippen molar-refractivity contribution in [2.75, 3.05) is 7.11 Å². The molecule has 0 spiro atoms. The van der Waals surface area contributed by atoms with Crippen molar-refractivity contribution in [3.63, 3.8) is 0 Å². The number of benzene rings is 1. The molecule has 0 aliphatic heterocycles. The van der Waals surface area contributed by atoms with Gasteiger partial charge in [-0.15, -0.1) is 0 Å². The van der Waals surface area contributed by atoms with Crippen molar-refractivity contribution in [3.8, 4) is 5.75 Å². The number of hydrogen-bond donors (Lipinski definition) is 0. The summed E-state index contributed by atoms with van der Waals surface area (Å²) in [4.78, 5) is 0. The summed E-state index contributed by atoms with van der Waals surface area (Å²) in [5.74, 6) is 0.932. The zero-order chi connectivity index (χ0) is 16.2. The summed E-state index contributed by atoms with van der Waals surface area (Å²) in [6.45, 7) is 7.01. The van der Waals surface area contributed by atoms with Crippen LogP contribution < -0.4 is 15.0 Å². The standard InChI is InChI=1S/C18H22BClOS/c1-18(2,3)14-12-17(22-13-14)19(10-7-11-20)15-8-5-6-9-16(15)21-4/h5-9,11-13H,10H2,1-4H3. The Bertz CT molecular complexity index is 643. The maximum atomic E-state index is 5.76. The molecule has 1 aromatic carbocycles. The fourth-order valence-electron chi connectivity index (χ4n) is 2.47. The highest BCUT2D eigenvalue weighted by Crippen LogP contribution is 2.24. The fraction of sp³-hybridized carbons (Fsp3) is 0.333. The highest BCUT2D eigenvalue weighted by atomic mass is 35.5. The number of rotatable bonds is 5. The summed E-state index contributed by atoms with van der Waals surface area (Å²) in [5.41, 5.74) is 4.35. The molecule has 0 fully saturated rings. The number of ether oxygens (including phenoxy) is 1. The first kappa shape index (κ1) is 17.2. The minimum absolute atomic E-state index is 0.169. The second kappa shape index (κ2) is 7.39. The molecule has 0 aliphatic carbocycles. The van der Waals surface area contributed by atoms with Gasteiger partial charge in [-0.25, -0.2) is 0 Å². The van der Waals surface area contributed by atoms with Crippen molar-refractivity contribution in [2.24, 2.45) is 0 Å². The van der Waals surface area contributed by atoms with Crippen LogP contribution in [0.15, 0.2) is 47.3 Å². The quantitative estimate of drug-likeness (QED) is 0.737. The van der Waals surface area contributed by atoms with Gasteiger partial charge in [0.2, 0.25) is 6.71 Å². The van der Waals surface area contributed by atoms with Crippen LogP contribution in [0.1, 0.15) is 26.3 Å². The molecule has 1 nitrogen and oxygen atoms in total.